The van der Waals surface area contributed by atoms with Crippen molar-refractivity contribution in [2.24, 2.45) is 5.92 Å². The van der Waals surface area contributed by atoms with E-state index in [4.69, 9.17) is 0 Å². The van der Waals surface area contributed by atoms with Crippen molar-refractivity contribution < 1.29 is 4.79 Å². The summed E-state index contributed by atoms with van der Waals surface area (Å²) < 4.78 is 4.25. The molecule has 2 aliphatic heterocycles. The van der Waals surface area contributed by atoms with E-state index in [-0.39, 0.29) is 11.9 Å². The number of carbonyl (C=O) groups excluding carboxylic acids is 1. The van der Waals surface area contributed by atoms with Crippen LogP contribution in [0, 0.1) is 12.8 Å². The van der Waals surface area contributed by atoms with Crippen molar-refractivity contribution in [2.75, 3.05) is 31.1 Å². The molecule has 0 aromatic carbocycles. The number of hydrogen-bond acceptors (Lipinski definition) is 6. The van der Waals surface area contributed by atoms with Gasteiger partial charge < -0.3 is 15.5 Å². The molecule has 1 aromatic rings. The first-order valence-electron chi connectivity index (χ1n) is 7.79. The summed E-state index contributed by atoms with van der Waals surface area (Å²) in [6, 6.07) is 0.0236. The summed E-state index contributed by atoms with van der Waals surface area (Å²) in [5, 5.41) is 7.37. The number of nitrogens with one attached hydrogen (secondary N) is 2. The van der Waals surface area contributed by atoms with Crippen LogP contribution in [0.25, 0.3) is 0 Å². The molecule has 2 saturated heterocycles. The van der Waals surface area contributed by atoms with Crippen molar-refractivity contribution in [1.29, 1.82) is 0 Å². The highest BCUT2D eigenvalue weighted by Gasteiger charge is 2.25. The molecule has 21 heavy (non-hydrogen) atoms. The van der Waals surface area contributed by atoms with Gasteiger partial charge in [-0.1, -0.05) is 0 Å². The predicted molar refractivity (Wildman–Crippen MR) is 83.6 cm³/mol. The molecule has 1 aromatic heterocycles. The molecule has 2 unspecified atom stereocenters. The lowest BCUT2D eigenvalue weighted by Crippen LogP contribution is -2.45. The number of piperidine rings is 1. The van der Waals surface area contributed by atoms with E-state index in [1.165, 1.54) is 18.0 Å². The summed E-state index contributed by atoms with van der Waals surface area (Å²) >= 11 is 1.47. The topological polar surface area (TPSA) is 70.2 Å². The Morgan fingerprint density at radius 1 is 1.48 bits per heavy atom. The number of hydrogen-bond donors (Lipinski definition) is 2. The van der Waals surface area contributed by atoms with Gasteiger partial charge >= 0.3 is 0 Å². The lowest BCUT2D eigenvalue weighted by molar-refractivity contribution is -0.122. The molecule has 2 N–H and O–H groups in total. The molecule has 0 bridgehead atoms. The first kappa shape index (κ1) is 14.7. The molecule has 2 aliphatic rings. The Hall–Kier alpha value is -1.21. The lowest BCUT2D eigenvalue weighted by Gasteiger charge is -2.32. The van der Waals surface area contributed by atoms with Gasteiger partial charge in [0, 0.05) is 31.2 Å². The van der Waals surface area contributed by atoms with Crippen molar-refractivity contribution in [2.45, 2.75) is 38.6 Å². The molecule has 6 nitrogen and oxygen atoms in total. The molecule has 2 fully saturated rings. The Labute approximate surface area is 129 Å². The average Bonchev–Trinajstić information content (AvgIpc) is 3.16. The zero-order valence-corrected chi connectivity index (χ0v) is 13.3. The highest BCUT2D eigenvalue weighted by atomic mass is 32.1. The summed E-state index contributed by atoms with van der Waals surface area (Å²) in [7, 11) is 0. The molecule has 1 amide bonds. The van der Waals surface area contributed by atoms with Gasteiger partial charge in [-0.05, 0) is 45.1 Å². The maximum atomic E-state index is 12.0. The average molecular weight is 309 g/mol. The van der Waals surface area contributed by atoms with Gasteiger partial charge in [0.15, 0.2) is 0 Å². The molecule has 0 aliphatic carbocycles. The third-order valence-corrected chi connectivity index (χ3v) is 5.12. The van der Waals surface area contributed by atoms with Crippen LogP contribution >= 0.6 is 11.5 Å². The summed E-state index contributed by atoms with van der Waals surface area (Å²) in [6.45, 7) is 5.67. The van der Waals surface area contributed by atoms with Crippen LogP contribution in [0.5, 0.6) is 0 Å². The zero-order valence-electron chi connectivity index (χ0n) is 12.5. The molecule has 7 heteroatoms. The van der Waals surface area contributed by atoms with Crippen molar-refractivity contribution >= 4 is 22.6 Å². The standard InChI is InChI=1S/C14H23N5OS/c1-10-17-14(21-18-10)19-7-3-4-11(9-19)8-16-13(20)12-5-2-6-15-12/h11-12,15H,2-9H2,1H3,(H,16,20). The van der Waals surface area contributed by atoms with E-state index in [0.717, 1.165) is 56.4 Å². The Balaban J connectivity index is 1.48. The van der Waals surface area contributed by atoms with E-state index in [9.17, 15) is 4.79 Å². The van der Waals surface area contributed by atoms with E-state index in [1.807, 2.05) is 6.92 Å². The third kappa shape index (κ3) is 3.71. The van der Waals surface area contributed by atoms with Gasteiger partial charge in [-0.2, -0.15) is 4.37 Å². The van der Waals surface area contributed by atoms with Crippen molar-refractivity contribution in [3.8, 4) is 0 Å². The minimum atomic E-state index is 0.0236. The van der Waals surface area contributed by atoms with E-state index in [2.05, 4.69) is 24.9 Å². The van der Waals surface area contributed by atoms with Crippen molar-refractivity contribution in [3.05, 3.63) is 5.82 Å². The molecular weight excluding hydrogens is 286 g/mol. The Bertz CT molecular complexity index is 485. The van der Waals surface area contributed by atoms with Crippen LogP contribution in [-0.4, -0.2) is 47.5 Å². The number of carbonyl (C=O) groups is 1. The summed E-state index contributed by atoms with van der Waals surface area (Å²) in [5.41, 5.74) is 0. The molecule has 2 atom stereocenters. The van der Waals surface area contributed by atoms with Gasteiger partial charge in [-0.25, -0.2) is 4.98 Å². The van der Waals surface area contributed by atoms with Crippen LogP contribution in [0.3, 0.4) is 0 Å². The van der Waals surface area contributed by atoms with Gasteiger partial charge in [-0.15, -0.1) is 0 Å². The molecule has 3 rings (SSSR count). The lowest BCUT2D eigenvalue weighted by atomic mass is 9.98. The second-order valence-electron chi connectivity index (χ2n) is 5.97. The van der Waals surface area contributed by atoms with Crippen LogP contribution in [0.4, 0.5) is 5.13 Å². The monoisotopic (exact) mass is 309 g/mol. The maximum absolute atomic E-state index is 12.0. The van der Waals surface area contributed by atoms with Gasteiger partial charge in [0.1, 0.15) is 5.82 Å². The fourth-order valence-corrected chi connectivity index (χ4v) is 3.81. The first-order valence-corrected chi connectivity index (χ1v) is 8.56. The second kappa shape index (κ2) is 6.70. The fraction of sp³-hybridized carbons (Fsp3) is 0.786. The number of rotatable bonds is 4. The van der Waals surface area contributed by atoms with E-state index in [0.29, 0.717) is 5.92 Å². The minimum absolute atomic E-state index is 0.0236. The van der Waals surface area contributed by atoms with E-state index in [1.54, 1.807) is 0 Å². The van der Waals surface area contributed by atoms with Crippen LogP contribution in [0.2, 0.25) is 0 Å². The van der Waals surface area contributed by atoms with Crippen molar-refractivity contribution in [3.63, 3.8) is 0 Å². The Morgan fingerprint density at radius 3 is 3.10 bits per heavy atom. The normalized spacial score (nSPS) is 26.0. The molecule has 3 heterocycles. The van der Waals surface area contributed by atoms with Crippen LogP contribution < -0.4 is 15.5 Å². The first-order chi connectivity index (χ1) is 10.2. The van der Waals surface area contributed by atoms with Gasteiger partial charge in [0.2, 0.25) is 11.0 Å². The van der Waals surface area contributed by atoms with E-state index >= 15 is 0 Å². The quantitative estimate of drug-likeness (QED) is 0.866. The van der Waals surface area contributed by atoms with Gasteiger partial charge in [-0.3, -0.25) is 4.79 Å². The minimum Gasteiger partial charge on any atom is -0.354 e. The molecule has 0 spiro atoms. The van der Waals surface area contributed by atoms with Crippen LogP contribution in [0.15, 0.2) is 0 Å². The number of aryl methyl sites for hydroxylation is 1. The number of anilines is 1. The highest BCUT2D eigenvalue weighted by Crippen LogP contribution is 2.24. The molecular formula is C14H23N5OS. The smallest absolute Gasteiger partial charge is 0.237 e. The fourth-order valence-electron chi connectivity index (χ4n) is 3.10. The largest absolute Gasteiger partial charge is 0.354 e. The molecule has 116 valence electrons. The summed E-state index contributed by atoms with van der Waals surface area (Å²) in [6.07, 6.45) is 4.39. The number of amides is 1. The van der Waals surface area contributed by atoms with Gasteiger partial charge in [0.05, 0.1) is 6.04 Å². The Morgan fingerprint density at radius 2 is 2.38 bits per heavy atom. The summed E-state index contributed by atoms with van der Waals surface area (Å²) in [4.78, 5) is 18.8. The number of nitrogens with zero attached hydrogens (tertiary/aromatic N) is 3. The van der Waals surface area contributed by atoms with E-state index < -0.39 is 0 Å². The highest BCUT2D eigenvalue weighted by molar-refractivity contribution is 7.09. The van der Waals surface area contributed by atoms with Crippen LogP contribution in [-0.2, 0) is 4.79 Å². The van der Waals surface area contributed by atoms with Gasteiger partial charge in [0.25, 0.3) is 0 Å². The third-order valence-electron chi connectivity index (χ3n) is 4.25. The molecule has 0 radical (unpaired) electrons. The van der Waals surface area contributed by atoms with Crippen molar-refractivity contribution in [1.82, 2.24) is 20.0 Å². The molecule has 0 saturated carbocycles. The van der Waals surface area contributed by atoms with Crippen LogP contribution in [0.1, 0.15) is 31.5 Å². The SMILES string of the molecule is Cc1nsc(N2CCCC(CNC(=O)C3CCCN3)C2)n1. The Kier molecular flexibility index (Phi) is 4.70. The summed E-state index contributed by atoms with van der Waals surface area (Å²) in [5.74, 6) is 1.52. The number of aromatic nitrogens is 2. The zero-order chi connectivity index (χ0) is 14.7. The maximum Gasteiger partial charge on any atom is 0.237 e. The predicted octanol–water partition coefficient (Wildman–Crippen LogP) is 0.931. The second-order valence-corrected chi connectivity index (χ2v) is 6.70.